The first-order chi connectivity index (χ1) is 20.6. The van der Waals surface area contributed by atoms with Crippen LogP contribution in [0.3, 0.4) is 0 Å². The lowest BCUT2D eigenvalue weighted by molar-refractivity contribution is -0.200. The number of phenols is 1. The Morgan fingerprint density at radius 2 is 1.55 bits per heavy atom. The maximum Gasteiger partial charge on any atom is 0.338 e. The van der Waals surface area contributed by atoms with Crippen molar-refractivity contribution in [1.29, 1.82) is 0 Å². The predicted octanol–water partition coefficient (Wildman–Crippen LogP) is 6.75. The fourth-order valence-electron chi connectivity index (χ4n) is 11.9. The number of carboxylic acid groups (broad SMARTS) is 1. The highest BCUT2D eigenvalue weighted by molar-refractivity contribution is 5.90. The fraction of sp³-hybridized carbons (Fsp3) is 0.730. The summed E-state index contributed by atoms with van der Waals surface area (Å²) in [5.41, 5.74) is -0.00568. The van der Waals surface area contributed by atoms with Crippen LogP contribution in [-0.4, -0.2) is 51.2 Å². The Balaban J connectivity index is 1.30. The summed E-state index contributed by atoms with van der Waals surface area (Å²) in [6, 6.07) is 5.90. The Morgan fingerprint density at radius 1 is 0.864 bits per heavy atom. The number of aliphatic hydroxyl groups excluding tert-OH is 2. The molecule has 5 aliphatic rings. The van der Waals surface area contributed by atoms with Crippen LogP contribution in [0.2, 0.25) is 0 Å². The predicted molar refractivity (Wildman–Crippen MR) is 167 cm³/mol. The van der Waals surface area contributed by atoms with Gasteiger partial charge in [0.05, 0.1) is 18.3 Å². The number of aromatic hydroxyl groups is 1. The molecule has 4 N–H and O–H groups in total. The standard InChI is InChI=1S/C37H52O7/c1-33-17-14-28-35(3,19-16-30(37(28,5)32(42)43)44-31(41)22-6-9-24(39)10-7-22)26(33)13-11-25-23(20-33)8-12-27-34(25,2)18-15-29(40)36(27,4)21-38/h6-10,25-30,38-40H,11-21H2,1-5H3,(H,42,43). The van der Waals surface area contributed by atoms with Gasteiger partial charge in [-0.05, 0) is 135 Å². The lowest BCUT2D eigenvalue weighted by Crippen LogP contribution is -2.62. The number of allylic oxidation sites excluding steroid dienone is 2. The number of hydrogen-bond donors (Lipinski definition) is 4. The van der Waals surface area contributed by atoms with Gasteiger partial charge in [-0.3, -0.25) is 4.79 Å². The molecule has 4 saturated carbocycles. The average Bonchev–Trinajstić information content (AvgIpc) is 3.14. The van der Waals surface area contributed by atoms with Gasteiger partial charge in [0.1, 0.15) is 17.3 Å². The molecule has 6 rings (SSSR count). The van der Waals surface area contributed by atoms with Gasteiger partial charge in [-0.2, -0.15) is 0 Å². The van der Waals surface area contributed by atoms with Gasteiger partial charge in [0.2, 0.25) is 0 Å². The topological polar surface area (TPSA) is 124 Å². The van der Waals surface area contributed by atoms with E-state index in [-0.39, 0.29) is 40.4 Å². The van der Waals surface area contributed by atoms with Gasteiger partial charge in [-0.25, -0.2) is 4.79 Å². The molecule has 0 bridgehead atoms. The summed E-state index contributed by atoms with van der Waals surface area (Å²) in [5.74, 6) is -0.551. The normalized spacial score (nSPS) is 46.7. The summed E-state index contributed by atoms with van der Waals surface area (Å²) in [7, 11) is 0. The smallest absolute Gasteiger partial charge is 0.338 e. The molecule has 4 fully saturated rings. The highest BCUT2D eigenvalue weighted by atomic mass is 16.5. The van der Waals surface area contributed by atoms with Crippen molar-refractivity contribution in [2.24, 2.45) is 50.7 Å². The zero-order valence-corrected chi connectivity index (χ0v) is 27.1. The monoisotopic (exact) mass is 608 g/mol. The Kier molecular flexibility index (Phi) is 7.60. The maximum absolute atomic E-state index is 13.2. The largest absolute Gasteiger partial charge is 0.508 e. The second-order valence-corrected chi connectivity index (χ2v) is 16.5. The van der Waals surface area contributed by atoms with E-state index in [0.29, 0.717) is 23.8 Å². The molecule has 0 amide bonds. The molecule has 44 heavy (non-hydrogen) atoms. The fourth-order valence-corrected chi connectivity index (χ4v) is 11.9. The molecule has 0 spiro atoms. The Morgan fingerprint density at radius 3 is 2.20 bits per heavy atom. The number of carboxylic acids is 1. The average molecular weight is 609 g/mol. The number of aliphatic carboxylic acids is 1. The third kappa shape index (κ3) is 4.42. The van der Waals surface area contributed by atoms with Gasteiger partial charge in [0, 0.05) is 5.41 Å². The molecule has 0 heterocycles. The van der Waals surface area contributed by atoms with Crippen LogP contribution in [0.15, 0.2) is 35.9 Å². The van der Waals surface area contributed by atoms with E-state index < -0.39 is 35.0 Å². The van der Waals surface area contributed by atoms with Crippen molar-refractivity contribution in [2.75, 3.05) is 6.61 Å². The highest BCUT2D eigenvalue weighted by Crippen LogP contribution is 2.70. The summed E-state index contributed by atoms with van der Waals surface area (Å²) in [5, 5.41) is 41.9. The quantitative estimate of drug-likeness (QED) is 0.220. The Bertz CT molecular complexity index is 1340. The number of benzene rings is 1. The SMILES string of the molecule is CC12CCC3C(C)(CCC(OC(=O)c4ccc(O)cc4)C3(C)C(=O)O)C1CCC1C(=CCC3C(C)(CO)C(O)CCC13C)C2. The minimum atomic E-state index is -1.21. The van der Waals surface area contributed by atoms with Gasteiger partial charge in [-0.15, -0.1) is 0 Å². The van der Waals surface area contributed by atoms with Crippen molar-refractivity contribution in [1.82, 2.24) is 0 Å². The third-order valence-corrected chi connectivity index (χ3v) is 14.5. The number of rotatable bonds is 4. The van der Waals surface area contributed by atoms with E-state index in [9.17, 15) is 30.0 Å². The van der Waals surface area contributed by atoms with Crippen molar-refractivity contribution < 1.29 is 34.8 Å². The van der Waals surface area contributed by atoms with Crippen LogP contribution in [0.4, 0.5) is 0 Å². The lowest BCUT2D eigenvalue weighted by atomic mass is 9.41. The number of ether oxygens (including phenoxy) is 1. The molecular formula is C37H52O7. The van der Waals surface area contributed by atoms with Crippen molar-refractivity contribution in [3.05, 3.63) is 41.5 Å². The van der Waals surface area contributed by atoms with E-state index in [0.717, 1.165) is 57.8 Å². The highest BCUT2D eigenvalue weighted by Gasteiger charge is 2.67. The van der Waals surface area contributed by atoms with Crippen LogP contribution in [-0.2, 0) is 9.53 Å². The van der Waals surface area contributed by atoms with Crippen molar-refractivity contribution in [2.45, 2.75) is 111 Å². The Hall–Kier alpha value is -2.38. The molecule has 0 radical (unpaired) electrons. The minimum Gasteiger partial charge on any atom is -0.508 e. The molecule has 5 aliphatic carbocycles. The molecule has 7 nitrogen and oxygen atoms in total. The van der Waals surface area contributed by atoms with Crippen LogP contribution in [0.1, 0.15) is 109 Å². The molecule has 0 aliphatic heterocycles. The number of fused-ring (bicyclic) bond motifs is 6. The second-order valence-electron chi connectivity index (χ2n) is 16.5. The first-order valence-corrected chi connectivity index (χ1v) is 16.8. The second kappa shape index (κ2) is 10.6. The van der Waals surface area contributed by atoms with Crippen LogP contribution < -0.4 is 0 Å². The molecule has 1 aromatic rings. The molecule has 11 atom stereocenters. The number of carbonyl (C=O) groups excluding carboxylic acids is 1. The van der Waals surface area contributed by atoms with E-state index >= 15 is 0 Å². The summed E-state index contributed by atoms with van der Waals surface area (Å²) in [6.07, 6.45) is 9.94. The summed E-state index contributed by atoms with van der Waals surface area (Å²) < 4.78 is 6.01. The molecule has 7 heteroatoms. The minimum absolute atomic E-state index is 0.00331. The molecule has 242 valence electrons. The Labute approximate surface area is 262 Å². The lowest BCUT2D eigenvalue weighted by Gasteiger charge is -2.63. The molecule has 0 saturated heterocycles. The van der Waals surface area contributed by atoms with Gasteiger partial charge < -0.3 is 25.2 Å². The van der Waals surface area contributed by atoms with Crippen LogP contribution in [0.5, 0.6) is 5.75 Å². The van der Waals surface area contributed by atoms with Crippen LogP contribution in [0, 0.1) is 50.7 Å². The first-order valence-electron chi connectivity index (χ1n) is 16.8. The summed E-state index contributed by atoms with van der Waals surface area (Å²) in [4.78, 5) is 26.3. The number of aliphatic hydroxyl groups is 2. The maximum atomic E-state index is 13.2. The van der Waals surface area contributed by atoms with Gasteiger partial charge in [0.25, 0.3) is 0 Å². The van der Waals surface area contributed by atoms with Crippen molar-refractivity contribution in [3.8, 4) is 5.75 Å². The van der Waals surface area contributed by atoms with Crippen LogP contribution in [0.25, 0.3) is 0 Å². The van der Waals surface area contributed by atoms with Crippen LogP contribution >= 0.6 is 0 Å². The van der Waals surface area contributed by atoms with Crippen molar-refractivity contribution in [3.63, 3.8) is 0 Å². The number of hydrogen-bond acceptors (Lipinski definition) is 6. The molecule has 1 aromatic carbocycles. The molecule has 11 unspecified atom stereocenters. The van der Waals surface area contributed by atoms with Gasteiger partial charge in [0.15, 0.2) is 0 Å². The van der Waals surface area contributed by atoms with E-state index in [4.69, 9.17) is 4.74 Å². The third-order valence-electron chi connectivity index (χ3n) is 14.5. The van der Waals surface area contributed by atoms with Gasteiger partial charge >= 0.3 is 11.9 Å². The van der Waals surface area contributed by atoms with E-state index in [1.54, 1.807) is 5.57 Å². The number of esters is 1. The zero-order valence-electron chi connectivity index (χ0n) is 27.1. The first kappa shape index (κ1) is 31.6. The molecule has 0 aromatic heterocycles. The van der Waals surface area contributed by atoms with E-state index in [2.05, 4.69) is 33.8 Å². The van der Waals surface area contributed by atoms with E-state index in [1.165, 1.54) is 24.3 Å². The number of carbonyl (C=O) groups is 2. The summed E-state index contributed by atoms with van der Waals surface area (Å²) in [6.45, 7) is 11.0. The summed E-state index contributed by atoms with van der Waals surface area (Å²) >= 11 is 0. The zero-order chi connectivity index (χ0) is 31.9. The van der Waals surface area contributed by atoms with Gasteiger partial charge in [-0.1, -0.05) is 39.3 Å². The van der Waals surface area contributed by atoms with E-state index in [1.807, 2.05) is 6.92 Å². The molecular weight excluding hydrogens is 556 g/mol. The van der Waals surface area contributed by atoms with Crippen molar-refractivity contribution >= 4 is 11.9 Å². The number of phenolic OH excluding ortho intramolecular Hbond substituents is 1.